The summed E-state index contributed by atoms with van der Waals surface area (Å²) in [5.74, 6) is 2.89. The highest BCUT2D eigenvalue weighted by molar-refractivity contribution is 4.81. The van der Waals surface area contributed by atoms with E-state index < -0.39 is 0 Å². The Hall–Kier alpha value is -0.0800. The fourth-order valence-corrected chi connectivity index (χ4v) is 3.44. The van der Waals surface area contributed by atoms with Gasteiger partial charge in [-0.05, 0) is 69.6 Å². The second-order valence-electron chi connectivity index (χ2n) is 6.12. The van der Waals surface area contributed by atoms with Crippen LogP contribution in [0.25, 0.3) is 0 Å². The van der Waals surface area contributed by atoms with Crippen LogP contribution in [-0.4, -0.2) is 37.6 Å². The summed E-state index contributed by atoms with van der Waals surface area (Å²) < 4.78 is 0. The standard InChI is InChI=1S/C14H28N2/c1-12(2)11-16-9-5-14(6-10-16)13-3-7-15-8-4-13/h12-15H,3-11H2,1-2H3. The van der Waals surface area contributed by atoms with Crippen molar-refractivity contribution >= 4 is 0 Å². The molecule has 2 nitrogen and oxygen atoms in total. The minimum absolute atomic E-state index is 0.829. The van der Waals surface area contributed by atoms with Crippen molar-refractivity contribution in [2.75, 3.05) is 32.7 Å². The van der Waals surface area contributed by atoms with Gasteiger partial charge in [-0.3, -0.25) is 0 Å². The normalized spacial score (nSPS) is 26.4. The van der Waals surface area contributed by atoms with E-state index in [1.807, 2.05) is 0 Å². The van der Waals surface area contributed by atoms with Crippen LogP contribution in [0, 0.1) is 17.8 Å². The molecule has 2 heterocycles. The topological polar surface area (TPSA) is 15.3 Å². The lowest BCUT2D eigenvalue weighted by atomic mass is 9.79. The number of likely N-dealkylation sites (tertiary alicyclic amines) is 1. The summed E-state index contributed by atoms with van der Waals surface area (Å²) >= 11 is 0. The zero-order valence-electron chi connectivity index (χ0n) is 11.0. The van der Waals surface area contributed by atoms with E-state index >= 15 is 0 Å². The maximum absolute atomic E-state index is 3.48. The largest absolute Gasteiger partial charge is 0.317 e. The highest BCUT2D eigenvalue weighted by Gasteiger charge is 2.27. The number of nitrogens with zero attached hydrogens (tertiary/aromatic N) is 1. The smallest absolute Gasteiger partial charge is 0.000439 e. The van der Waals surface area contributed by atoms with Gasteiger partial charge in [0.15, 0.2) is 0 Å². The molecule has 0 radical (unpaired) electrons. The molecule has 2 aliphatic heterocycles. The molecule has 0 unspecified atom stereocenters. The molecule has 2 fully saturated rings. The first kappa shape index (κ1) is 12.4. The Morgan fingerprint density at radius 1 is 1.00 bits per heavy atom. The van der Waals surface area contributed by atoms with Crippen molar-refractivity contribution in [1.29, 1.82) is 0 Å². The fourth-order valence-electron chi connectivity index (χ4n) is 3.44. The molecule has 0 aromatic heterocycles. The molecular weight excluding hydrogens is 196 g/mol. The van der Waals surface area contributed by atoms with Gasteiger partial charge in [-0.1, -0.05) is 13.8 Å². The van der Waals surface area contributed by atoms with E-state index in [2.05, 4.69) is 24.1 Å². The second-order valence-corrected chi connectivity index (χ2v) is 6.12. The molecule has 94 valence electrons. The van der Waals surface area contributed by atoms with Crippen LogP contribution in [0.1, 0.15) is 39.5 Å². The Morgan fingerprint density at radius 2 is 1.56 bits per heavy atom. The number of nitrogens with one attached hydrogen (secondary N) is 1. The molecule has 0 spiro atoms. The Bertz CT molecular complexity index is 189. The first-order valence-electron chi connectivity index (χ1n) is 7.19. The lowest BCUT2D eigenvalue weighted by molar-refractivity contribution is 0.121. The van der Waals surface area contributed by atoms with Gasteiger partial charge in [0, 0.05) is 6.54 Å². The average Bonchev–Trinajstić information content (AvgIpc) is 2.30. The number of rotatable bonds is 3. The van der Waals surface area contributed by atoms with E-state index in [4.69, 9.17) is 0 Å². The molecule has 2 aliphatic rings. The minimum Gasteiger partial charge on any atom is -0.317 e. The van der Waals surface area contributed by atoms with Gasteiger partial charge in [0.05, 0.1) is 0 Å². The number of piperidine rings is 2. The maximum Gasteiger partial charge on any atom is 0.000439 e. The van der Waals surface area contributed by atoms with E-state index in [1.54, 1.807) is 0 Å². The van der Waals surface area contributed by atoms with Crippen molar-refractivity contribution in [2.45, 2.75) is 39.5 Å². The SMILES string of the molecule is CC(C)CN1CCC(C2CCNCC2)CC1. The summed E-state index contributed by atoms with van der Waals surface area (Å²) in [6.45, 7) is 11.2. The van der Waals surface area contributed by atoms with Crippen molar-refractivity contribution < 1.29 is 0 Å². The van der Waals surface area contributed by atoms with Gasteiger partial charge in [0.25, 0.3) is 0 Å². The summed E-state index contributed by atoms with van der Waals surface area (Å²) in [5.41, 5.74) is 0. The van der Waals surface area contributed by atoms with Gasteiger partial charge in [0.2, 0.25) is 0 Å². The lowest BCUT2D eigenvalue weighted by Crippen LogP contribution is -2.40. The van der Waals surface area contributed by atoms with Gasteiger partial charge >= 0.3 is 0 Å². The molecule has 0 aromatic rings. The van der Waals surface area contributed by atoms with Crippen molar-refractivity contribution in [1.82, 2.24) is 10.2 Å². The zero-order chi connectivity index (χ0) is 11.4. The zero-order valence-corrected chi connectivity index (χ0v) is 11.0. The van der Waals surface area contributed by atoms with Crippen LogP contribution in [0.3, 0.4) is 0 Å². The molecule has 0 saturated carbocycles. The Morgan fingerprint density at radius 3 is 2.12 bits per heavy atom. The first-order chi connectivity index (χ1) is 7.75. The van der Waals surface area contributed by atoms with Crippen LogP contribution in [0.15, 0.2) is 0 Å². The van der Waals surface area contributed by atoms with E-state index in [0.717, 1.165) is 17.8 Å². The highest BCUT2D eigenvalue weighted by Crippen LogP contribution is 2.30. The molecule has 2 saturated heterocycles. The molecule has 2 heteroatoms. The second kappa shape index (κ2) is 6.02. The van der Waals surface area contributed by atoms with Gasteiger partial charge in [-0.15, -0.1) is 0 Å². The van der Waals surface area contributed by atoms with Crippen LogP contribution in [0.4, 0.5) is 0 Å². The highest BCUT2D eigenvalue weighted by atomic mass is 15.1. The maximum atomic E-state index is 3.48. The van der Waals surface area contributed by atoms with E-state index in [0.29, 0.717) is 0 Å². The van der Waals surface area contributed by atoms with Gasteiger partial charge < -0.3 is 10.2 Å². The summed E-state index contributed by atoms with van der Waals surface area (Å²) in [4.78, 5) is 2.67. The van der Waals surface area contributed by atoms with Crippen molar-refractivity contribution in [2.24, 2.45) is 17.8 Å². The van der Waals surface area contributed by atoms with Crippen LogP contribution in [-0.2, 0) is 0 Å². The summed E-state index contributed by atoms with van der Waals surface area (Å²) in [6.07, 6.45) is 5.76. The van der Waals surface area contributed by atoms with Crippen molar-refractivity contribution in [3.8, 4) is 0 Å². The monoisotopic (exact) mass is 224 g/mol. The Kier molecular flexibility index (Phi) is 4.66. The van der Waals surface area contributed by atoms with Gasteiger partial charge in [-0.25, -0.2) is 0 Å². The predicted molar refractivity (Wildman–Crippen MR) is 69.6 cm³/mol. The number of hydrogen-bond acceptors (Lipinski definition) is 2. The summed E-state index contributed by atoms with van der Waals surface area (Å²) in [6, 6.07) is 0. The van der Waals surface area contributed by atoms with E-state index in [1.165, 1.54) is 58.4 Å². The van der Waals surface area contributed by atoms with Gasteiger partial charge in [0.1, 0.15) is 0 Å². The van der Waals surface area contributed by atoms with Crippen molar-refractivity contribution in [3.63, 3.8) is 0 Å². The predicted octanol–water partition coefficient (Wildman–Crippen LogP) is 2.35. The third kappa shape index (κ3) is 3.46. The molecule has 0 aromatic carbocycles. The Balaban J connectivity index is 1.71. The van der Waals surface area contributed by atoms with Gasteiger partial charge in [-0.2, -0.15) is 0 Å². The van der Waals surface area contributed by atoms with Crippen LogP contribution < -0.4 is 5.32 Å². The fraction of sp³-hybridized carbons (Fsp3) is 1.00. The Labute approximate surface area is 101 Å². The first-order valence-corrected chi connectivity index (χ1v) is 7.19. The van der Waals surface area contributed by atoms with Crippen LogP contribution >= 0.6 is 0 Å². The van der Waals surface area contributed by atoms with E-state index in [-0.39, 0.29) is 0 Å². The molecule has 1 N–H and O–H groups in total. The molecule has 0 aliphatic carbocycles. The summed E-state index contributed by atoms with van der Waals surface area (Å²) in [7, 11) is 0. The molecule has 2 rings (SSSR count). The molecule has 0 amide bonds. The average molecular weight is 224 g/mol. The van der Waals surface area contributed by atoms with Crippen LogP contribution in [0.2, 0.25) is 0 Å². The molecule has 16 heavy (non-hydrogen) atoms. The van der Waals surface area contributed by atoms with Crippen molar-refractivity contribution in [3.05, 3.63) is 0 Å². The summed E-state index contributed by atoms with van der Waals surface area (Å²) in [5, 5.41) is 3.48. The third-order valence-corrected chi connectivity index (χ3v) is 4.31. The molecule has 0 bridgehead atoms. The van der Waals surface area contributed by atoms with E-state index in [9.17, 15) is 0 Å². The lowest BCUT2D eigenvalue weighted by Gasteiger charge is -2.38. The van der Waals surface area contributed by atoms with Crippen LogP contribution in [0.5, 0.6) is 0 Å². The molecule has 0 atom stereocenters. The quantitative estimate of drug-likeness (QED) is 0.791. The minimum atomic E-state index is 0.829. The molecular formula is C14H28N2. The third-order valence-electron chi connectivity index (χ3n) is 4.31. The number of hydrogen-bond donors (Lipinski definition) is 1.